The van der Waals surface area contributed by atoms with Gasteiger partial charge in [0.15, 0.2) is 0 Å². The van der Waals surface area contributed by atoms with Crippen LogP contribution < -0.4 is 11.1 Å². The van der Waals surface area contributed by atoms with Crippen molar-refractivity contribution in [1.82, 2.24) is 5.32 Å². The van der Waals surface area contributed by atoms with Crippen LogP contribution in [0.15, 0.2) is 22.8 Å². The second kappa shape index (κ2) is 5.33. The molecule has 0 bridgehead atoms. The second-order valence-electron chi connectivity index (χ2n) is 4.36. The van der Waals surface area contributed by atoms with Gasteiger partial charge in [-0.1, -0.05) is 0 Å². The molecule has 1 amide bonds. The van der Waals surface area contributed by atoms with E-state index in [-0.39, 0.29) is 5.91 Å². The molecule has 1 aromatic heterocycles. The zero-order valence-electron chi connectivity index (χ0n) is 9.78. The normalized spacial score (nSPS) is 18.9. The average Bonchev–Trinajstić information content (AvgIpc) is 2.90. The number of hydrogen-bond donors (Lipinski definition) is 2. The molecule has 0 radical (unpaired) electrons. The Morgan fingerprint density at radius 2 is 2.24 bits per heavy atom. The molecule has 0 aliphatic carbocycles. The van der Waals surface area contributed by atoms with Gasteiger partial charge in [-0.2, -0.15) is 0 Å². The Morgan fingerprint density at radius 1 is 1.47 bits per heavy atom. The van der Waals surface area contributed by atoms with E-state index < -0.39 is 5.41 Å². The SMILES string of the molecule is NCC1(C(=O)NCc2ccco2)CCOCC1. The van der Waals surface area contributed by atoms with E-state index in [0.717, 1.165) is 5.76 Å². The summed E-state index contributed by atoms with van der Waals surface area (Å²) in [5, 5.41) is 2.88. The molecule has 2 rings (SSSR count). The van der Waals surface area contributed by atoms with Crippen molar-refractivity contribution >= 4 is 5.91 Å². The van der Waals surface area contributed by atoms with E-state index in [1.807, 2.05) is 6.07 Å². The van der Waals surface area contributed by atoms with Crippen LogP contribution in [0.4, 0.5) is 0 Å². The fourth-order valence-corrected chi connectivity index (χ4v) is 2.05. The fraction of sp³-hybridized carbons (Fsp3) is 0.583. The van der Waals surface area contributed by atoms with Crippen LogP contribution in [0, 0.1) is 5.41 Å². The highest BCUT2D eigenvalue weighted by atomic mass is 16.5. The molecule has 5 heteroatoms. The number of nitrogens with two attached hydrogens (primary N) is 1. The van der Waals surface area contributed by atoms with Crippen molar-refractivity contribution in [3.63, 3.8) is 0 Å². The van der Waals surface area contributed by atoms with Gasteiger partial charge < -0.3 is 20.2 Å². The molecular formula is C12H18N2O3. The molecule has 2 heterocycles. The maximum absolute atomic E-state index is 12.2. The highest BCUT2D eigenvalue weighted by molar-refractivity contribution is 5.82. The van der Waals surface area contributed by atoms with Crippen LogP contribution in [0.25, 0.3) is 0 Å². The van der Waals surface area contributed by atoms with Gasteiger partial charge in [0.25, 0.3) is 0 Å². The lowest BCUT2D eigenvalue weighted by Gasteiger charge is -2.34. The number of ether oxygens (including phenoxy) is 1. The maximum atomic E-state index is 12.2. The molecule has 0 unspecified atom stereocenters. The van der Waals surface area contributed by atoms with E-state index in [0.29, 0.717) is 39.1 Å². The first-order valence-electron chi connectivity index (χ1n) is 5.85. The first-order valence-corrected chi connectivity index (χ1v) is 5.85. The number of amides is 1. The lowest BCUT2D eigenvalue weighted by atomic mass is 9.79. The highest BCUT2D eigenvalue weighted by Gasteiger charge is 2.38. The van der Waals surface area contributed by atoms with E-state index in [9.17, 15) is 4.79 Å². The fourth-order valence-electron chi connectivity index (χ4n) is 2.05. The second-order valence-corrected chi connectivity index (χ2v) is 4.36. The molecule has 0 atom stereocenters. The molecule has 94 valence electrons. The van der Waals surface area contributed by atoms with E-state index in [4.69, 9.17) is 14.9 Å². The first-order chi connectivity index (χ1) is 8.27. The van der Waals surface area contributed by atoms with Gasteiger partial charge in [0, 0.05) is 19.8 Å². The molecule has 1 saturated heterocycles. The largest absolute Gasteiger partial charge is 0.467 e. The molecule has 1 aromatic rings. The standard InChI is InChI=1S/C12H18N2O3/c13-9-12(3-6-16-7-4-12)11(15)14-8-10-2-1-5-17-10/h1-2,5H,3-4,6-9,13H2,(H,14,15). The van der Waals surface area contributed by atoms with Gasteiger partial charge in [-0.15, -0.1) is 0 Å². The van der Waals surface area contributed by atoms with E-state index >= 15 is 0 Å². The van der Waals surface area contributed by atoms with Crippen molar-refractivity contribution in [3.05, 3.63) is 24.2 Å². The molecule has 1 fully saturated rings. The van der Waals surface area contributed by atoms with E-state index in [1.165, 1.54) is 0 Å². The van der Waals surface area contributed by atoms with Crippen LogP contribution >= 0.6 is 0 Å². The van der Waals surface area contributed by atoms with E-state index in [2.05, 4.69) is 5.32 Å². The van der Waals surface area contributed by atoms with Crippen LogP contribution in [0.3, 0.4) is 0 Å². The lowest BCUT2D eigenvalue weighted by Crippen LogP contribution is -2.48. The number of hydrogen-bond acceptors (Lipinski definition) is 4. The minimum absolute atomic E-state index is 0.000278. The Hall–Kier alpha value is -1.33. The van der Waals surface area contributed by atoms with Gasteiger partial charge in [-0.25, -0.2) is 0 Å². The van der Waals surface area contributed by atoms with E-state index in [1.54, 1.807) is 12.3 Å². The molecule has 3 N–H and O–H groups in total. The van der Waals surface area contributed by atoms with Crippen LogP contribution in [-0.2, 0) is 16.1 Å². The Balaban J connectivity index is 1.93. The van der Waals surface area contributed by atoms with Gasteiger partial charge in [0.1, 0.15) is 5.76 Å². The summed E-state index contributed by atoms with van der Waals surface area (Å²) in [6, 6.07) is 3.63. The third kappa shape index (κ3) is 2.68. The van der Waals surface area contributed by atoms with Crippen LogP contribution in [0.2, 0.25) is 0 Å². The third-order valence-corrected chi connectivity index (χ3v) is 3.33. The summed E-state index contributed by atoms with van der Waals surface area (Å²) < 4.78 is 10.4. The summed E-state index contributed by atoms with van der Waals surface area (Å²) in [6.45, 7) is 1.98. The summed E-state index contributed by atoms with van der Waals surface area (Å²) in [6.07, 6.45) is 2.97. The Morgan fingerprint density at radius 3 is 2.82 bits per heavy atom. The molecule has 1 aliphatic heterocycles. The monoisotopic (exact) mass is 238 g/mol. The van der Waals surface area contributed by atoms with Gasteiger partial charge in [-0.3, -0.25) is 4.79 Å². The molecular weight excluding hydrogens is 220 g/mol. The molecule has 0 spiro atoms. The van der Waals surface area contributed by atoms with Crippen molar-refractivity contribution < 1.29 is 13.9 Å². The van der Waals surface area contributed by atoms with Crippen molar-refractivity contribution in [2.75, 3.05) is 19.8 Å². The van der Waals surface area contributed by atoms with Gasteiger partial charge >= 0.3 is 0 Å². The van der Waals surface area contributed by atoms with Gasteiger partial charge in [0.05, 0.1) is 18.2 Å². The number of carbonyl (C=O) groups is 1. The minimum Gasteiger partial charge on any atom is -0.467 e. The van der Waals surface area contributed by atoms with Crippen molar-refractivity contribution in [2.45, 2.75) is 19.4 Å². The zero-order chi connectivity index (χ0) is 12.1. The van der Waals surface area contributed by atoms with Crippen molar-refractivity contribution in [3.8, 4) is 0 Å². The maximum Gasteiger partial charge on any atom is 0.228 e. The molecule has 5 nitrogen and oxygen atoms in total. The van der Waals surface area contributed by atoms with Crippen LogP contribution in [0.5, 0.6) is 0 Å². The number of nitrogens with one attached hydrogen (secondary N) is 1. The number of carbonyl (C=O) groups excluding carboxylic acids is 1. The number of furan rings is 1. The number of rotatable bonds is 4. The molecule has 1 aliphatic rings. The summed E-state index contributed by atoms with van der Waals surface area (Å²) in [7, 11) is 0. The summed E-state index contributed by atoms with van der Waals surface area (Å²) >= 11 is 0. The topological polar surface area (TPSA) is 77.5 Å². The summed E-state index contributed by atoms with van der Waals surface area (Å²) in [4.78, 5) is 12.2. The first kappa shape index (κ1) is 12.1. The molecule has 17 heavy (non-hydrogen) atoms. The lowest BCUT2D eigenvalue weighted by molar-refractivity contribution is -0.136. The van der Waals surface area contributed by atoms with Crippen LogP contribution in [0.1, 0.15) is 18.6 Å². The predicted octanol–water partition coefficient (Wildman–Crippen LogP) is 0.651. The van der Waals surface area contributed by atoms with Crippen LogP contribution in [-0.4, -0.2) is 25.7 Å². The summed E-state index contributed by atoms with van der Waals surface area (Å²) in [5.41, 5.74) is 5.28. The third-order valence-electron chi connectivity index (χ3n) is 3.33. The van der Waals surface area contributed by atoms with Crippen molar-refractivity contribution in [2.24, 2.45) is 11.1 Å². The predicted molar refractivity (Wildman–Crippen MR) is 62.1 cm³/mol. The Bertz CT molecular complexity index is 356. The van der Waals surface area contributed by atoms with Gasteiger partial charge in [-0.05, 0) is 25.0 Å². The average molecular weight is 238 g/mol. The molecule has 0 aromatic carbocycles. The highest BCUT2D eigenvalue weighted by Crippen LogP contribution is 2.29. The summed E-state index contributed by atoms with van der Waals surface area (Å²) in [5.74, 6) is 0.747. The Kier molecular flexibility index (Phi) is 3.81. The smallest absolute Gasteiger partial charge is 0.228 e. The van der Waals surface area contributed by atoms with Crippen molar-refractivity contribution in [1.29, 1.82) is 0 Å². The minimum atomic E-state index is -0.467. The Labute approximate surface area is 100 Å². The zero-order valence-corrected chi connectivity index (χ0v) is 9.78. The molecule has 0 saturated carbocycles. The quantitative estimate of drug-likeness (QED) is 0.807. The van der Waals surface area contributed by atoms with Gasteiger partial charge in [0.2, 0.25) is 5.91 Å².